The van der Waals surface area contributed by atoms with Gasteiger partial charge in [-0.2, -0.15) is 0 Å². The molecule has 0 bridgehead atoms. The van der Waals surface area contributed by atoms with Crippen LogP contribution in [0.25, 0.3) is 0 Å². The van der Waals surface area contributed by atoms with Crippen molar-refractivity contribution in [2.75, 3.05) is 39.3 Å². The number of aryl methyl sites for hydroxylation is 1. The summed E-state index contributed by atoms with van der Waals surface area (Å²) in [6.45, 7) is 4.61. The van der Waals surface area contributed by atoms with E-state index in [1.807, 2.05) is 11.0 Å². The SMILES string of the molecule is O=C(COc1ccnc2c1CCCC2)N1CCN(CCc2ccccc2)CC1. The highest BCUT2D eigenvalue weighted by Gasteiger charge is 2.22. The maximum absolute atomic E-state index is 12.6. The first-order valence-corrected chi connectivity index (χ1v) is 10.4. The van der Waals surface area contributed by atoms with Crippen molar-refractivity contribution in [3.63, 3.8) is 0 Å². The number of fused-ring (bicyclic) bond motifs is 1. The Morgan fingerprint density at radius 3 is 2.61 bits per heavy atom. The van der Waals surface area contributed by atoms with E-state index in [4.69, 9.17) is 4.74 Å². The standard InChI is InChI=1S/C23H29N3O2/c27-23(18-28-22-10-12-24-21-9-5-4-8-20(21)22)26-16-14-25(15-17-26)13-11-19-6-2-1-3-7-19/h1-3,6-7,10,12H,4-5,8-9,11,13-18H2. The number of amides is 1. The van der Waals surface area contributed by atoms with Crippen LogP contribution in [-0.2, 0) is 24.1 Å². The highest BCUT2D eigenvalue weighted by Crippen LogP contribution is 2.27. The molecule has 0 radical (unpaired) electrons. The minimum atomic E-state index is 0.0871. The van der Waals surface area contributed by atoms with Crippen LogP contribution in [0.2, 0.25) is 0 Å². The normalized spacial score (nSPS) is 17.2. The van der Waals surface area contributed by atoms with Crippen molar-refractivity contribution in [1.29, 1.82) is 0 Å². The number of aromatic nitrogens is 1. The molecule has 5 nitrogen and oxygen atoms in total. The van der Waals surface area contributed by atoms with E-state index in [2.05, 4.69) is 40.2 Å². The van der Waals surface area contributed by atoms with Gasteiger partial charge in [-0.15, -0.1) is 0 Å². The first-order valence-electron chi connectivity index (χ1n) is 10.4. The average Bonchev–Trinajstić information content (AvgIpc) is 2.77. The Balaban J connectivity index is 1.22. The van der Waals surface area contributed by atoms with E-state index in [1.165, 1.54) is 24.0 Å². The van der Waals surface area contributed by atoms with Gasteiger partial charge in [0.1, 0.15) is 5.75 Å². The molecule has 1 aliphatic heterocycles. The second kappa shape index (κ2) is 9.20. The molecule has 28 heavy (non-hydrogen) atoms. The van der Waals surface area contributed by atoms with Gasteiger partial charge in [-0.25, -0.2) is 0 Å². The van der Waals surface area contributed by atoms with Crippen LogP contribution in [0.1, 0.15) is 29.7 Å². The zero-order valence-electron chi connectivity index (χ0n) is 16.5. The highest BCUT2D eigenvalue weighted by atomic mass is 16.5. The number of carbonyl (C=O) groups excluding carboxylic acids is 1. The Labute approximate surface area is 167 Å². The maximum Gasteiger partial charge on any atom is 0.260 e. The van der Waals surface area contributed by atoms with Gasteiger partial charge in [-0.3, -0.25) is 14.7 Å². The van der Waals surface area contributed by atoms with E-state index < -0.39 is 0 Å². The van der Waals surface area contributed by atoms with Crippen molar-refractivity contribution < 1.29 is 9.53 Å². The molecule has 0 spiro atoms. The molecule has 2 heterocycles. The van der Waals surface area contributed by atoms with Crippen LogP contribution in [0.5, 0.6) is 5.75 Å². The predicted octanol–water partition coefficient (Wildman–Crippen LogP) is 2.73. The summed E-state index contributed by atoms with van der Waals surface area (Å²) in [6, 6.07) is 12.5. The minimum absolute atomic E-state index is 0.0871. The lowest BCUT2D eigenvalue weighted by Crippen LogP contribution is -2.50. The molecule has 148 valence electrons. The molecule has 5 heteroatoms. The van der Waals surface area contributed by atoms with Crippen LogP contribution >= 0.6 is 0 Å². The largest absolute Gasteiger partial charge is 0.483 e. The Hall–Kier alpha value is -2.40. The van der Waals surface area contributed by atoms with Crippen LogP contribution in [0.3, 0.4) is 0 Å². The zero-order chi connectivity index (χ0) is 19.2. The van der Waals surface area contributed by atoms with Gasteiger partial charge in [0.25, 0.3) is 5.91 Å². The average molecular weight is 380 g/mol. The molecule has 4 rings (SSSR count). The molecule has 1 aromatic heterocycles. The first kappa shape index (κ1) is 18.9. The number of hydrogen-bond acceptors (Lipinski definition) is 4. The zero-order valence-corrected chi connectivity index (χ0v) is 16.5. The number of rotatable bonds is 6. The fraction of sp³-hybridized carbons (Fsp3) is 0.478. The molecule has 1 aromatic carbocycles. The number of pyridine rings is 1. The van der Waals surface area contributed by atoms with E-state index in [-0.39, 0.29) is 12.5 Å². The van der Waals surface area contributed by atoms with E-state index in [1.54, 1.807) is 6.20 Å². The quantitative estimate of drug-likeness (QED) is 0.774. The van der Waals surface area contributed by atoms with Crippen LogP contribution < -0.4 is 4.74 Å². The molecule has 2 aromatic rings. The highest BCUT2D eigenvalue weighted by molar-refractivity contribution is 5.78. The Kier molecular flexibility index (Phi) is 6.22. The fourth-order valence-corrected chi connectivity index (χ4v) is 4.11. The summed E-state index contributed by atoms with van der Waals surface area (Å²) in [5.41, 5.74) is 3.71. The lowest BCUT2D eigenvalue weighted by molar-refractivity contribution is -0.135. The molecule has 0 N–H and O–H groups in total. The molecule has 0 atom stereocenters. The van der Waals surface area contributed by atoms with Gasteiger partial charge in [0.15, 0.2) is 6.61 Å². The number of nitrogens with zero attached hydrogens (tertiary/aromatic N) is 3. The second-order valence-electron chi connectivity index (χ2n) is 7.69. The van der Waals surface area contributed by atoms with E-state index in [0.29, 0.717) is 0 Å². The van der Waals surface area contributed by atoms with Gasteiger partial charge >= 0.3 is 0 Å². The lowest BCUT2D eigenvalue weighted by atomic mass is 9.95. The molecule has 0 saturated carbocycles. The Bertz CT molecular complexity index is 786. The van der Waals surface area contributed by atoms with Crippen molar-refractivity contribution in [2.45, 2.75) is 32.1 Å². The van der Waals surface area contributed by atoms with Gasteiger partial charge in [-0.1, -0.05) is 30.3 Å². The summed E-state index contributed by atoms with van der Waals surface area (Å²) in [5.74, 6) is 0.934. The Morgan fingerprint density at radius 2 is 1.79 bits per heavy atom. The van der Waals surface area contributed by atoms with E-state index >= 15 is 0 Å². The summed E-state index contributed by atoms with van der Waals surface area (Å²) in [7, 11) is 0. The molecule has 1 aliphatic carbocycles. The second-order valence-corrected chi connectivity index (χ2v) is 7.69. The summed E-state index contributed by atoms with van der Waals surface area (Å²) in [5, 5.41) is 0. The predicted molar refractivity (Wildman–Crippen MR) is 110 cm³/mol. The van der Waals surface area contributed by atoms with Crippen LogP contribution in [0.15, 0.2) is 42.6 Å². The van der Waals surface area contributed by atoms with Gasteiger partial charge in [-0.05, 0) is 43.7 Å². The van der Waals surface area contributed by atoms with Crippen molar-refractivity contribution in [1.82, 2.24) is 14.8 Å². The summed E-state index contributed by atoms with van der Waals surface area (Å²) >= 11 is 0. The molecule has 2 aliphatic rings. The topological polar surface area (TPSA) is 45.7 Å². The lowest BCUT2D eigenvalue weighted by Gasteiger charge is -2.34. The maximum atomic E-state index is 12.6. The number of carbonyl (C=O) groups is 1. The molecule has 1 saturated heterocycles. The monoisotopic (exact) mass is 379 g/mol. The fourth-order valence-electron chi connectivity index (χ4n) is 4.11. The first-order chi connectivity index (χ1) is 13.8. The number of benzene rings is 1. The number of hydrogen-bond donors (Lipinski definition) is 0. The smallest absolute Gasteiger partial charge is 0.260 e. The minimum Gasteiger partial charge on any atom is -0.483 e. The van der Waals surface area contributed by atoms with Gasteiger partial charge in [0, 0.05) is 50.2 Å². The van der Waals surface area contributed by atoms with E-state index in [0.717, 1.165) is 63.4 Å². The van der Waals surface area contributed by atoms with Crippen molar-refractivity contribution in [3.8, 4) is 5.75 Å². The molecule has 0 unspecified atom stereocenters. The van der Waals surface area contributed by atoms with Crippen molar-refractivity contribution >= 4 is 5.91 Å². The third-order valence-electron chi connectivity index (χ3n) is 5.83. The Morgan fingerprint density at radius 1 is 1.00 bits per heavy atom. The van der Waals surface area contributed by atoms with Gasteiger partial charge in [0.05, 0.1) is 0 Å². The molecular weight excluding hydrogens is 350 g/mol. The van der Waals surface area contributed by atoms with Crippen molar-refractivity contribution in [2.24, 2.45) is 0 Å². The number of piperazine rings is 1. The van der Waals surface area contributed by atoms with Crippen LogP contribution in [0.4, 0.5) is 0 Å². The summed E-state index contributed by atoms with van der Waals surface area (Å²) < 4.78 is 5.91. The van der Waals surface area contributed by atoms with Gasteiger partial charge in [0.2, 0.25) is 0 Å². The number of ether oxygens (including phenoxy) is 1. The third-order valence-corrected chi connectivity index (χ3v) is 5.83. The van der Waals surface area contributed by atoms with Gasteiger partial charge < -0.3 is 9.64 Å². The van der Waals surface area contributed by atoms with Crippen molar-refractivity contribution in [3.05, 3.63) is 59.4 Å². The summed E-state index contributed by atoms with van der Waals surface area (Å²) in [6.07, 6.45) is 7.25. The van der Waals surface area contributed by atoms with Crippen LogP contribution in [-0.4, -0.2) is 60.0 Å². The summed E-state index contributed by atoms with van der Waals surface area (Å²) in [4.78, 5) is 21.4. The third kappa shape index (κ3) is 4.71. The van der Waals surface area contributed by atoms with E-state index in [9.17, 15) is 4.79 Å². The molecule has 1 amide bonds. The molecular formula is C23H29N3O2. The van der Waals surface area contributed by atoms with Crippen LogP contribution in [0, 0.1) is 0 Å². The molecule has 1 fully saturated rings.